The summed E-state index contributed by atoms with van der Waals surface area (Å²) >= 11 is 5.98. The average molecular weight is 396 g/mol. The van der Waals surface area contributed by atoms with Crippen LogP contribution in [-0.2, 0) is 19.5 Å². The maximum Gasteiger partial charge on any atom is 0.261 e. The van der Waals surface area contributed by atoms with E-state index in [1.165, 1.54) is 6.42 Å². The fraction of sp³-hybridized carbons (Fsp3) is 0.318. The summed E-state index contributed by atoms with van der Waals surface area (Å²) in [6.07, 6.45) is 5.16. The standard InChI is InChI=1S/C22H22ClN3O2/c23-17-7-5-6-15(12-17)14-24-21(27)16-9-10-18-19(13-16)25-20-8-3-1-2-4-11-26(20)22(18)28/h5-7,9-10,12-13H,1-4,8,11,14H2,(H,24,27). The summed E-state index contributed by atoms with van der Waals surface area (Å²) in [7, 11) is 0. The minimum atomic E-state index is -0.199. The highest BCUT2D eigenvalue weighted by molar-refractivity contribution is 6.30. The van der Waals surface area contributed by atoms with Crippen molar-refractivity contribution >= 4 is 28.4 Å². The molecule has 0 atom stereocenters. The average Bonchev–Trinajstić information content (AvgIpc) is 2.67. The number of nitrogens with one attached hydrogen (secondary N) is 1. The van der Waals surface area contributed by atoms with Crippen LogP contribution in [0.5, 0.6) is 0 Å². The minimum Gasteiger partial charge on any atom is -0.348 e. The maximum absolute atomic E-state index is 12.9. The van der Waals surface area contributed by atoms with E-state index < -0.39 is 0 Å². The number of amides is 1. The van der Waals surface area contributed by atoms with Crippen molar-refractivity contribution < 1.29 is 4.79 Å². The molecule has 1 aliphatic heterocycles. The number of fused-ring (bicyclic) bond motifs is 2. The summed E-state index contributed by atoms with van der Waals surface area (Å²) in [5.41, 5.74) is 2.01. The van der Waals surface area contributed by atoms with E-state index in [0.29, 0.717) is 28.0 Å². The summed E-state index contributed by atoms with van der Waals surface area (Å²) in [4.78, 5) is 30.2. The molecule has 3 aromatic rings. The van der Waals surface area contributed by atoms with Gasteiger partial charge in [0.05, 0.1) is 10.9 Å². The van der Waals surface area contributed by atoms with E-state index in [0.717, 1.165) is 43.6 Å². The number of hydrogen-bond acceptors (Lipinski definition) is 3. The molecule has 6 heteroatoms. The Morgan fingerprint density at radius 3 is 2.82 bits per heavy atom. The number of carbonyl (C=O) groups excluding carboxylic acids is 1. The van der Waals surface area contributed by atoms with Gasteiger partial charge in [-0.1, -0.05) is 36.6 Å². The quantitative estimate of drug-likeness (QED) is 0.726. The lowest BCUT2D eigenvalue weighted by molar-refractivity contribution is 0.0951. The first kappa shape index (κ1) is 18.7. The maximum atomic E-state index is 12.9. The molecule has 0 unspecified atom stereocenters. The number of aryl methyl sites for hydroxylation is 1. The second-order valence-electron chi connectivity index (χ2n) is 7.19. The van der Waals surface area contributed by atoms with Crippen LogP contribution in [0, 0.1) is 0 Å². The Balaban J connectivity index is 1.60. The molecule has 1 aliphatic rings. The van der Waals surface area contributed by atoms with Gasteiger partial charge in [-0.05, 0) is 48.7 Å². The number of halogens is 1. The highest BCUT2D eigenvalue weighted by Crippen LogP contribution is 2.17. The third-order valence-corrected chi connectivity index (χ3v) is 5.41. The fourth-order valence-corrected chi connectivity index (χ4v) is 3.88. The third kappa shape index (κ3) is 3.94. The van der Waals surface area contributed by atoms with E-state index in [4.69, 9.17) is 16.6 Å². The van der Waals surface area contributed by atoms with Gasteiger partial charge < -0.3 is 5.32 Å². The van der Waals surface area contributed by atoms with Gasteiger partial charge in [-0.25, -0.2) is 4.98 Å². The van der Waals surface area contributed by atoms with Crippen LogP contribution in [0.25, 0.3) is 10.9 Å². The first-order chi connectivity index (χ1) is 13.6. The highest BCUT2D eigenvalue weighted by atomic mass is 35.5. The van der Waals surface area contributed by atoms with Gasteiger partial charge in [0.25, 0.3) is 11.5 Å². The Hall–Kier alpha value is -2.66. The van der Waals surface area contributed by atoms with Gasteiger partial charge in [0.1, 0.15) is 5.82 Å². The van der Waals surface area contributed by atoms with Crippen molar-refractivity contribution in [3.63, 3.8) is 0 Å². The lowest BCUT2D eigenvalue weighted by Gasteiger charge is -2.16. The number of carbonyl (C=O) groups is 1. The van der Waals surface area contributed by atoms with Crippen LogP contribution >= 0.6 is 11.6 Å². The predicted molar refractivity (Wildman–Crippen MR) is 111 cm³/mol. The minimum absolute atomic E-state index is 0.00668. The van der Waals surface area contributed by atoms with Crippen molar-refractivity contribution in [2.45, 2.75) is 45.2 Å². The zero-order valence-corrected chi connectivity index (χ0v) is 16.3. The van der Waals surface area contributed by atoms with Crippen molar-refractivity contribution in [2.75, 3.05) is 0 Å². The molecule has 0 radical (unpaired) electrons. The summed E-state index contributed by atoms with van der Waals surface area (Å²) in [6, 6.07) is 12.5. The lowest BCUT2D eigenvalue weighted by Crippen LogP contribution is -2.27. The van der Waals surface area contributed by atoms with Crippen molar-refractivity contribution in [1.29, 1.82) is 0 Å². The second-order valence-corrected chi connectivity index (χ2v) is 7.63. The number of benzene rings is 2. The normalized spacial score (nSPS) is 14.2. The third-order valence-electron chi connectivity index (χ3n) is 5.17. The van der Waals surface area contributed by atoms with Crippen molar-refractivity contribution in [3.05, 3.63) is 74.8 Å². The predicted octanol–water partition coefficient (Wildman–Crippen LogP) is 4.10. The lowest BCUT2D eigenvalue weighted by atomic mass is 10.1. The van der Waals surface area contributed by atoms with Gasteiger partial charge in [0.2, 0.25) is 0 Å². The largest absolute Gasteiger partial charge is 0.348 e. The zero-order valence-electron chi connectivity index (χ0n) is 15.6. The van der Waals surface area contributed by atoms with E-state index in [9.17, 15) is 9.59 Å². The molecule has 0 saturated heterocycles. The SMILES string of the molecule is O=C(NCc1cccc(Cl)c1)c1ccc2c(=O)n3c(nc2c1)CCCCCC3. The Morgan fingerprint density at radius 1 is 1.11 bits per heavy atom. The van der Waals surface area contributed by atoms with Gasteiger partial charge in [-0.2, -0.15) is 0 Å². The number of rotatable bonds is 3. The molecule has 4 rings (SSSR count). The molecular weight excluding hydrogens is 374 g/mol. The monoisotopic (exact) mass is 395 g/mol. The van der Waals surface area contributed by atoms with Crippen molar-refractivity contribution in [3.8, 4) is 0 Å². The fourth-order valence-electron chi connectivity index (χ4n) is 3.67. The van der Waals surface area contributed by atoms with E-state index in [2.05, 4.69) is 5.32 Å². The smallest absolute Gasteiger partial charge is 0.261 e. The van der Waals surface area contributed by atoms with Crippen LogP contribution in [0.3, 0.4) is 0 Å². The van der Waals surface area contributed by atoms with Crippen LogP contribution in [0.15, 0.2) is 47.3 Å². The molecule has 0 saturated carbocycles. The van der Waals surface area contributed by atoms with Gasteiger partial charge in [-0.15, -0.1) is 0 Å². The number of nitrogens with zero attached hydrogens (tertiary/aromatic N) is 2. The van der Waals surface area contributed by atoms with Crippen LogP contribution in [0.1, 0.15) is 47.4 Å². The summed E-state index contributed by atoms with van der Waals surface area (Å²) in [5, 5.41) is 4.10. The number of aromatic nitrogens is 2. The molecular formula is C22H22ClN3O2. The first-order valence-electron chi connectivity index (χ1n) is 9.68. The van der Waals surface area contributed by atoms with Crippen LogP contribution in [0.4, 0.5) is 0 Å². The van der Waals surface area contributed by atoms with Gasteiger partial charge >= 0.3 is 0 Å². The van der Waals surface area contributed by atoms with Gasteiger partial charge in [-0.3, -0.25) is 14.2 Å². The molecule has 28 heavy (non-hydrogen) atoms. The Bertz CT molecular complexity index is 1090. The molecule has 2 heterocycles. The van der Waals surface area contributed by atoms with Crippen LogP contribution < -0.4 is 10.9 Å². The van der Waals surface area contributed by atoms with Crippen LogP contribution in [0.2, 0.25) is 5.02 Å². The molecule has 1 amide bonds. The second kappa shape index (κ2) is 8.15. The zero-order chi connectivity index (χ0) is 19.5. The Morgan fingerprint density at radius 2 is 1.96 bits per heavy atom. The summed E-state index contributed by atoms with van der Waals surface area (Å²) in [6.45, 7) is 1.11. The highest BCUT2D eigenvalue weighted by Gasteiger charge is 2.15. The van der Waals surface area contributed by atoms with Gasteiger partial charge in [0.15, 0.2) is 0 Å². The Kier molecular flexibility index (Phi) is 5.44. The molecule has 0 aliphatic carbocycles. The molecule has 0 bridgehead atoms. The molecule has 0 fully saturated rings. The first-order valence-corrected chi connectivity index (χ1v) is 10.1. The van der Waals surface area contributed by atoms with E-state index in [-0.39, 0.29) is 11.5 Å². The molecule has 0 spiro atoms. The molecule has 2 aromatic carbocycles. The Labute approximate surface area is 168 Å². The molecule has 5 nitrogen and oxygen atoms in total. The van der Waals surface area contributed by atoms with Crippen molar-refractivity contribution in [2.24, 2.45) is 0 Å². The van der Waals surface area contributed by atoms with Crippen molar-refractivity contribution in [1.82, 2.24) is 14.9 Å². The van der Waals surface area contributed by atoms with E-state index in [1.54, 1.807) is 28.8 Å². The van der Waals surface area contributed by atoms with Gasteiger partial charge in [0, 0.05) is 30.1 Å². The number of hydrogen-bond donors (Lipinski definition) is 1. The molecule has 144 valence electrons. The molecule has 1 N–H and O–H groups in total. The topological polar surface area (TPSA) is 64.0 Å². The summed E-state index contributed by atoms with van der Waals surface area (Å²) < 4.78 is 1.81. The van der Waals surface area contributed by atoms with E-state index >= 15 is 0 Å². The summed E-state index contributed by atoms with van der Waals surface area (Å²) in [5.74, 6) is 0.629. The molecule has 1 aromatic heterocycles. The van der Waals surface area contributed by atoms with Crippen LogP contribution in [-0.4, -0.2) is 15.5 Å². The van der Waals surface area contributed by atoms with E-state index in [1.807, 2.05) is 18.2 Å².